The first-order valence-electron chi connectivity index (χ1n) is 7.35. The highest BCUT2D eigenvalue weighted by molar-refractivity contribution is 9.10. The van der Waals surface area contributed by atoms with Crippen molar-refractivity contribution in [2.45, 2.75) is 0 Å². The Morgan fingerprint density at radius 1 is 0.885 bits per heavy atom. The maximum atomic E-state index is 13.1. The number of benzene rings is 2. The Morgan fingerprint density at radius 3 is 2.23 bits per heavy atom. The second kappa shape index (κ2) is 7.76. The number of hydrogen-bond acceptors (Lipinski definition) is 3. The smallest absolute Gasteiger partial charge is 0.267 e. The lowest BCUT2D eigenvalue weighted by Crippen LogP contribution is -2.41. The van der Waals surface area contributed by atoms with E-state index < -0.39 is 17.6 Å². The number of nitrogens with one attached hydrogen (secondary N) is 2. The van der Waals surface area contributed by atoms with E-state index in [0.717, 1.165) is 12.1 Å². The first kappa shape index (κ1) is 18.2. The SMILES string of the molecule is O=C(NNC(=O)c1sccc1-c1ccc(F)cc1)c1ccc(F)cc1Br. The van der Waals surface area contributed by atoms with Crippen LogP contribution in [0.2, 0.25) is 0 Å². The third-order valence-corrected chi connectivity index (χ3v) is 5.06. The van der Waals surface area contributed by atoms with Crippen molar-refractivity contribution in [3.63, 3.8) is 0 Å². The van der Waals surface area contributed by atoms with Crippen molar-refractivity contribution in [2.75, 3.05) is 0 Å². The van der Waals surface area contributed by atoms with Gasteiger partial charge >= 0.3 is 0 Å². The third-order valence-electron chi connectivity index (χ3n) is 3.49. The second-order valence-electron chi connectivity index (χ2n) is 5.20. The first-order valence-corrected chi connectivity index (χ1v) is 9.02. The Labute approximate surface area is 160 Å². The molecule has 3 aromatic rings. The van der Waals surface area contributed by atoms with Crippen LogP contribution in [0.3, 0.4) is 0 Å². The van der Waals surface area contributed by atoms with Gasteiger partial charge in [0.05, 0.1) is 5.56 Å². The quantitative estimate of drug-likeness (QED) is 0.592. The summed E-state index contributed by atoms with van der Waals surface area (Å²) in [5.41, 5.74) is 6.11. The van der Waals surface area contributed by atoms with Crippen LogP contribution in [0.5, 0.6) is 0 Å². The largest absolute Gasteiger partial charge is 0.280 e. The summed E-state index contributed by atoms with van der Waals surface area (Å²) in [7, 11) is 0. The van der Waals surface area contributed by atoms with E-state index in [1.807, 2.05) is 0 Å². The number of carbonyl (C=O) groups excluding carboxylic acids is 2. The molecule has 0 saturated carbocycles. The summed E-state index contributed by atoms with van der Waals surface area (Å²) in [5.74, 6) is -1.96. The molecule has 2 N–H and O–H groups in total. The van der Waals surface area contributed by atoms with E-state index in [1.54, 1.807) is 23.6 Å². The van der Waals surface area contributed by atoms with E-state index in [1.165, 1.54) is 29.5 Å². The minimum absolute atomic E-state index is 0.177. The summed E-state index contributed by atoms with van der Waals surface area (Å²) in [6, 6.07) is 11.1. The lowest BCUT2D eigenvalue weighted by molar-refractivity contribution is 0.0848. The summed E-state index contributed by atoms with van der Waals surface area (Å²) >= 11 is 4.29. The fourth-order valence-electron chi connectivity index (χ4n) is 2.25. The van der Waals surface area contributed by atoms with E-state index in [9.17, 15) is 18.4 Å². The summed E-state index contributed by atoms with van der Waals surface area (Å²) in [6.45, 7) is 0. The van der Waals surface area contributed by atoms with Gasteiger partial charge in [-0.25, -0.2) is 8.78 Å². The van der Waals surface area contributed by atoms with Crippen molar-refractivity contribution in [3.8, 4) is 11.1 Å². The molecule has 2 aromatic carbocycles. The molecule has 3 rings (SSSR count). The van der Waals surface area contributed by atoms with Crippen LogP contribution in [0.4, 0.5) is 8.78 Å². The number of carbonyl (C=O) groups is 2. The zero-order valence-corrected chi connectivity index (χ0v) is 15.5. The molecule has 4 nitrogen and oxygen atoms in total. The molecule has 0 bridgehead atoms. The number of rotatable bonds is 3. The molecule has 0 spiro atoms. The molecule has 26 heavy (non-hydrogen) atoms. The van der Waals surface area contributed by atoms with E-state index in [4.69, 9.17) is 0 Å². The van der Waals surface area contributed by atoms with Crippen LogP contribution in [0.1, 0.15) is 20.0 Å². The minimum atomic E-state index is -0.592. The minimum Gasteiger partial charge on any atom is -0.267 e. The van der Waals surface area contributed by atoms with Crippen molar-refractivity contribution in [3.05, 3.63) is 80.5 Å². The van der Waals surface area contributed by atoms with Gasteiger partial charge < -0.3 is 0 Å². The fourth-order valence-corrected chi connectivity index (χ4v) is 3.60. The van der Waals surface area contributed by atoms with E-state index >= 15 is 0 Å². The third kappa shape index (κ3) is 3.97. The van der Waals surface area contributed by atoms with Crippen LogP contribution in [-0.4, -0.2) is 11.8 Å². The van der Waals surface area contributed by atoms with Crippen LogP contribution >= 0.6 is 27.3 Å². The zero-order chi connectivity index (χ0) is 18.7. The first-order chi connectivity index (χ1) is 12.5. The summed E-state index contributed by atoms with van der Waals surface area (Å²) in [4.78, 5) is 24.9. The molecule has 0 atom stereocenters. The van der Waals surface area contributed by atoms with Crippen LogP contribution in [0.25, 0.3) is 11.1 Å². The number of hydrazine groups is 1. The topological polar surface area (TPSA) is 58.2 Å². The molecule has 0 aliphatic heterocycles. The normalized spacial score (nSPS) is 10.4. The molecule has 132 valence electrons. The zero-order valence-electron chi connectivity index (χ0n) is 13.1. The van der Waals surface area contributed by atoms with Gasteiger partial charge in [-0.1, -0.05) is 12.1 Å². The molecule has 0 aliphatic rings. The lowest BCUT2D eigenvalue weighted by atomic mass is 10.1. The molecule has 0 saturated heterocycles. The van der Waals surface area contributed by atoms with Gasteiger partial charge in [-0.15, -0.1) is 11.3 Å². The highest BCUT2D eigenvalue weighted by Gasteiger charge is 2.17. The van der Waals surface area contributed by atoms with Crippen molar-refractivity contribution < 1.29 is 18.4 Å². The van der Waals surface area contributed by atoms with Gasteiger partial charge in [0, 0.05) is 10.0 Å². The Balaban J connectivity index is 1.72. The van der Waals surface area contributed by atoms with Gasteiger partial charge in [-0.05, 0) is 63.3 Å². The number of hydrogen-bond donors (Lipinski definition) is 2. The molecular formula is C18H11BrF2N2O2S. The average Bonchev–Trinajstić information content (AvgIpc) is 3.10. The number of amides is 2. The number of halogens is 3. The molecule has 0 unspecified atom stereocenters. The maximum absolute atomic E-state index is 13.1. The Kier molecular flexibility index (Phi) is 5.43. The van der Waals surface area contributed by atoms with Crippen molar-refractivity contribution in [2.24, 2.45) is 0 Å². The van der Waals surface area contributed by atoms with Gasteiger partial charge in [0.2, 0.25) is 0 Å². The predicted molar refractivity (Wildman–Crippen MR) is 98.7 cm³/mol. The Bertz CT molecular complexity index is 974. The van der Waals surface area contributed by atoms with Crippen LogP contribution in [0.15, 0.2) is 58.4 Å². The van der Waals surface area contributed by atoms with E-state index in [-0.39, 0.29) is 15.9 Å². The molecule has 1 aromatic heterocycles. The van der Waals surface area contributed by atoms with Crippen LogP contribution in [0, 0.1) is 11.6 Å². The monoisotopic (exact) mass is 436 g/mol. The van der Waals surface area contributed by atoms with Crippen LogP contribution < -0.4 is 10.9 Å². The van der Waals surface area contributed by atoms with Crippen molar-refractivity contribution in [1.29, 1.82) is 0 Å². The second-order valence-corrected chi connectivity index (χ2v) is 6.97. The molecular weight excluding hydrogens is 426 g/mol. The highest BCUT2D eigenvalue weighted by atomic mass is 79.9. The average molecular weight is 437 g/mol. The maximum Gasteiger partial charge on any atom is 0.280 e. The van der Waals surface area contributed by atoms with Crippen molar-refractivity contribution >= 4 is 39.1 Å². The molecule has 0 radical (unpaired) electrons. The highest BCUT2D eigenvalue weighted by Crippen LogP contribution is 2.28. The van der Waals surface area contributed by atoms with Gasteiger partial charge in [-0.2, -0.15) is 0 Å². The van der Waals surface area contributed by atoms with Gasteiger partial charge in [0.25, 0.3) is 11.8 Å². The molecule has 2 amide bonds. The van der Waals surface area contributed by atoms with Crippen LogP contribution in [-0.2, 0) is 0 Å². The summed E-state index contributed by atoms with van der Waals surface area (Å²) in [5, 5.41) is 1.73. The van der Waals surface area contributed by atoms with E-state index in [0.29, 0.717) is 16.0 Å². The molecule has 0 fully saturated rings. The molecule has 1 heterocycles. The fraction of sp³-hybridized carbons (Fsp3) is 0. The summed E-state index contributed by atoms with van der Waals surface area (Å²) < 4.78 is 26.4. The number of thiophene rings is 1. The predicted octanol–water partition coefficient (Wildman–Crippen LogP) is 4.53. The van der Waals surface area contributed by atoms with E-state index in [2.05, 4.69) is 26.8 Å². The standard InChI is InChI=1S/C18H11BrF2N2O2S/c19-15-9-12(21)5-6-14(15)17(24)22-23-18(25)16-13(7-8-26-16)10-1-3-11(20)4-2-10/h1-9H,(H,22,24)(H,23,25). The molecule has 0 aliphatic carbocycles. The lowest BCUT2D eigenvalue weighted by Gasteiger charge is -2.09. The van der Waals surface area contributed by atoms with Gasteiger partial charge in [0.1, 0.15) is 16.5 Å². The van der Waals surface area contributed by atoms with Gasteiger partial charge in [0.15, 0.2) is 0 Å². The van der Waals surface area contributed by atoms with Crippen molar-refractivity contribution in [1.82, 2.24) is 10.9 Å². The Morgan fingerprint density at radius 2 is 1.54 bits per heavy atom. The summed E-state index contributed by atoms with van der Waals surface area (Å²) in [6.07, 6.45) is 0. The molecule has 8 heteroatoms. The Hall–Kier alpha value is -2.58. The van der Waals surface area contributed by atoms with Gasteiger partial charge in [-0.3, -0.25) is 20.4 Å².